The highest BCUT2D eigenvalue weighted by Crippen LogP contribution is 2.24. The number of benzene rings is 1. The fourth-order valence-electron chi connectivity index (χ4n) is 3.40. The highest BCUT2D eigenvalue weighted by atomic mass is 35.5. The third-order valence-electron chi connectivity index (χ3n) is 4.38. The van der Waals surface area contributed by atoms with E-state index in [1.807, 2.05) is 12.1 Å². The Labute approximate surface area is 136 Å². The van der Waals surface area contributed by atoms with E-state index < -0.39 is 0 Å². The van der Waals surface area contributed by atoms with E-state index >= 15 is 0 Å². The van der Waals surface area contributed by atoms with Crippen molar-refractivity contribution in [2.45, 2.75) is 25.4 Å². The zero-order valence-electron chi connectivity index (χ0n) is 11.7. The predicted molar refractivity (Wildman–Crippen MR) is 86.1 cm³/mol. The Morgan fingerprint density at radius 3 is 2.90 bits per heavy atom. The molecule has 1 N–H and O–H groups in total. The number of aromatic nitrogens is 2. The first-order valence-electron chi connectivity index (χ1n) is 7.04. The summed E-state index contributed by atoms with van der Waals surface area (Å²) in [5.41, 5.74) is 2.99. The van der Waals surface area contributed by atoms with Crippen LogP contribution in [0.1, 0.15) is 18.4 Å². The molecule has 3 aliphatic heterocycles. The molecular formula is C14H20Cl2N4O. The van der Waals surface area contributed by atoms with Crippen LogP contribution < -0.4 is 5.32 Å². The Morgan fingerprint density at radius 2 is 2.10 bits per heavy atom. The summed E-state index contributed by atoms with van der Waals surface area (Å²) in [6.07, 6.45) is 2.68. The molecule has 0 unspecified atom stereocenters. The molecule has 1 aromatic heterocycles. The maximum atomic E-state index is 4.84. The van der Waals surface area contributed by atoms with Crippen molar-refractivity contribution in [2.75, 3.05) is 19.6 Å². The van der Waals surface area contributed by atoms with Gasteiger partial charge in [-0.15, -0.1) is 24.8 Å². The van der Waals surface area contributed by atoms with Gasteiger partial charge in [0.2, 0.25) is 0 Å². The largest absolute Gasteiger partial charge is 0.312 e. The molecule has 5 rings (SSSR count). The van der Waals surface area contributed by atoms with E-state index in [1.165, 1.54) is 31.5 Å². The Balaban J connectivity index is 0.000000807. The lowest BCUT2D eigenvalue weighted by molar-refractivity contribution is 0.256. The van der Waals surface area contributed by atoms with E-state index in [2.05, 4.69) is 26.6 Å². The number of piperidine rings is 1. The highest BCUT2D eigenvalue weighted by molar-refractivity contribution is 5.85. The third-order valence-corrected chi connectivity index (χ3v) is 4.38. The van der Waals surface area contributed by atoms with Crippen molar-refractivity contribution in [3.8, 4) is 0 Å². The number of nitrogens with one attached hydrogen (secondary N) is 1. The molecule has 3 aliphatic rings. The monoisotopic (exact) mass is 330 g/mol. The van der Waals surface area contributed by atoms with Crippen LogP contribution in [0.25, 0.3) is 11.0 Å². The molecule has 116 valence electrons. The first-order chi connectivity index (χ1) is 9.38. The van der Waals surface area contributed by atoms with E-state index in [0.29, 0.717) is 6.04 Å². The molecule has 1 aromatic carbocycles. The van der Waals surface area contributed by atoms with Crippen molar-refractivity contribution in [3.05, 3.63) is 23.8 Å². The van der Waals surface area contributed by atoms with E-state index in [4.69, 9.17) is 4.63 Å². The summed E-state index contributed by atoms with van der Waals surface area (Å²) in [4.78, 5) is 2.55. The van der Waals surface area contributed by atoms with Gasteiger partial charge in [-0.3, -0.25) is 4.90 Å². The number of fused-ring (bicyclic) bond motifs is 5. The van der Waals surface area contributed by atoms with Gasteiger partial charge in [0, 0.05) is 25.7 Å². The SMILES string of the molecule is Cl.Cl.c1cc(CN2C[C@H]3CC[C@@H](C2)NC3)c2nonc2c1. The number of nitrogens with zero attached hydrogens (tertiary/aromatic N) is 3. The number of halogens is 2. The first kappa shape index (κ1) is 16.5. The van der Waals surface area contributed by atoms with Gasteiger partial charge in [0.1, 0.15) is 11.0 Å². The summed E-state index contributed by atoms with van der Waals surface area (Å²) < 4.78 is 4.84. The second-order valence-corrected chi connectivity index (χ2v) is 5.79. The normalized spacial score (nSPS) is 25.1. The van der Waals surface area contributed by atoms with E-state index in [1.54, 1.807) is 0 Å². The Bertz CT molecular complexity index is 569. The Hall–Kier alpha value is -0.880. The van der Waals surface area contributed by atoms with Gasteiger partial charge < -0.3 is 5.32 Å². The topological polar surface area (TPSA) is 54.2 Å². The van der Waals surface area contributed by atoms with Crippen LogP contribution in [0.3, 0.4) is 0 Å². The minimum atomic E-state index is 0. The van der Waals surface area contributed by atoms with Crippen LogP contribution in [-0.2, 0) is 6.54 Å². The molecule has 0 aliphatic carbocycles. The van der Waals surface area contributed by atoms with Gasteiger partial charge in [-0.2, -0.15) is 0 Å². The molecule has 0 radical (unpaired) electrons. The Kier molecular flexibility index (Phi) is 5.43. The maximum absolute atomic E-state index is 4.84. The van der Waals surface area contributed by atoms with Gasteiger partial charge in [-0.25, -0.2) is 4.63 Å². The van der Waals surface area contributed by atoms with Crippen LogP contribution in [-0.4, -0.2) is 40.9 Å². The minimum absolute atomic E-state index is 0. The number of hydrogen-bond acceptors (Lipinski definition) is 5. The molecule has 0 spiro atoms. The van der Waals surface area contributed by atoms with Crippen molar-refractivity contribution in [3.63, 3.8) is 0 Å². The Morgan fingerprint density at radius 1 is 1.19 bits per heavy atom. The number of rotatable bonds is 2. The average molecular weight is 331 g/mol. The van der Waals surface area contributed by atoms with Gasteiger partial charge in [0.25, 0.3) is 0 Å². The molecule has 2 aromatic rings. The fourth-order valence-corrected chi connectivity index (χ4v) is 3.40. The highest BCUT2D eigenvalue weighted by Gasteiger charge is 2.29. The molecule has 3 fully saturated rings. The summed E-state index contributed by atoms with van der Waals surface area (Å²) in [7, 11) is 0. The average Bonchev–Trinajstić information content (AvgIpc) is 2.73. The molecule has 0 saturated carbocycles. The zero-order valence-corrected chi connectivity index (χ0v) is 13.3. The van der Waals surface area contributed by atoms with Crippen molar-refractivity contribution in [2.24, 2.45) is 5.92 Å². The lowest BCUT2D eigenvalue weighted by Gasteiger charge is -2.23. The molecule has 7 heteroatoms. The molecule has 5 nitrogen and oxygen atoms in total. The fraction of sp³-hybridized carbons (Fsp3) is 0.571. The molecule has 3 saturated heterocycles. The third kappa shape index (κ3) is 3.31. The predicted octanol–water partition coefficient (Wildman–Crippen LogP) is 2.25. The summed E-state index contributed by atoms with van der Waals surface area (Å²) >= 11 is 0. The molecule has 21 heavy (non-hydrogen) atoms. The summed E-state index contributed by atoms with van der Waals surface area (Å²) in [6, 6.07) is 6.77. The summed E-state index contributed by atoms with van der Waals surface area (Å²) in [5.74, 6) is 0.799. The van der Waals surface area contributed by atoms with Crippen LogP contribution in [0, 0.1) is 5.92 Å². The van der Waals surface area contributed by atoms with Crippen molar-refractivity contribution < 1.29 is 4.63 Å². The van der Waals surface area contributed by atoms with Gasteiger partial charge in [-0.05, 0) is 47.2 Å². The van der Waals surface area contributed by atoms with Crippen LogP contribution in [0.4, 0.5) is 0 Å². The van der Waals surface area contributed by atoms with Gasteiger partial charge in [0.15, 0.2) is 0 Å². The first-order valence-corrected chi connectivity index (χ1v) is 7.04. The number of hydrogen-bond donors (Lipinski definition) is 1. The van der Waals surface area contributed by atoms with E-state index in [9.17, 15) is 0 Å². The maximum Gasteiger partial charge on any atom is 0.139 e. The standard InChI is InChI=1S/C14H18N4O.2ClH/c1-2-11(14-13(3-1)16-19-17-14)8-18-7-10-4-5-12(9-18)15-6-10;;/h1-3,10,12,15H,4-9H2;2*1H/t10-,12-;;/m0../s1. The lowest BCUT2D eigenvalue weighted by Crippen LogP contribution is -2.39. The van der Waals surface area contributed by atoms with Crippen LogP contribution >= 0.6 is 24.8 Å². The van der Waals surface area contributed by atoms with Crippen LogP contribution in [0.5, 0.6) is 0 Å². The second-order valence-electron chi connectivity index (χ2n) is 5.79. The van der Waals surface area contributed by atoms with Gasteiger partial charge >= 0.3 is 0 Å². The van der Waals surface area contributed by atoms with Crippen LogP contribution in [0.15, 0.2) is 22.8 Å². The minimum Gasteiger partial charge on any atom is -0.312 e. The summed E-state index contributed by atoms with van der Waals surface area (Å²) in [5, 5.41) is 11.6. The van der Waals surface area contributed by atoms with Crippen molar-refractivity contribution in [1.82, 2.24) is 20.5 Å². The van der Waals surface area contributed by atoms with Crippen LogP contribution in [0.2, 0.25) is 0 Å². The van der Waals surface area contributed by atoms with E-state index in [-0.39, 0.29) is 24.8 Å². The molecule has 2 atom stereocenters. The van der Waals surface area contributed by atoms with Gasteiger partial charge in [0.05, 0.1) is 0 Å². The molecule has 0 amide bonds. The molecule has 4 heterocycles. The lowest BCUT2D eigenvalue weighted by atomic mass is 9.97. The van der Waals surface area contributed by atoms with Crippen molar-refractivity contribution in [1.29, 1.82) is 0 Å². The molecule has 2 bridgehead atoms. The smallest absolute Gasteiger partial charge is 0.139 e. The van der Waals surface area contributed by atoms with Gasteiger partial charge in [-0.1, -0.05) is 12.1 Å². The quantitative estimate of drug-likeness (QED) is 0.915. The summed E-state index contributed by atoms with van der Waals surface area (Å²) in [6.45, 7) is 4.44. The second kappa shape index (κ2) is 6.92. The molecular weight excluding hydrogens is 311 g/mol. The van der Waals surface area contributed by atoms with E-state index in [0.717, 1.165) is 30.0 Å². The zero-order chi connectivity index (χ0) is 12.7. The van der Waals surface area contributed by atoms with Crippen molar-refractivity contribution >= 4 is 35.8 Å².